The van der Waals surface area contributed by atoms with Crippen LogP contribution in [0.2, 0.25) is 0 Å². The number of alkyl halides is 2. The lowest BCUT2D eigenvalue weighted by Crippen LogP contribution is -2.28. The van der Waals surface area contributed by atoms with E-state index in [1.165, 1.54) is 25.3 Å². The van der Waals surface area contributed by atoms with Crippen LogP contribution < -0.4 is 9.46 Å². The number of benzene rings is 1. The van der Waals surface area contributed by atoms with Gasteiger partial charge in [-0.3, -0.25) is 0 Å². The molecule has 0 aliphatic carbocycles. The Kier molecular flexibility index (Phi) is 5.88. The summed E-state index contributed by atoms with van der Waals surface area (Å²) in [4.78, 5) is -0.207. The molecule has 0 aliphatic rings. The van der Waals surface area contributed by atoms with Gasteiger partial charge in [-0.1, -0.05) is 11.8 Å². The predicted molar refractivity (Wildman–Crippen MR) is 68.2 cm³/mol. The Balaban J connectivity index is 3.13. The second kappa shape index (κ2) is 7.19. The topological polar surface area (TPSA) is 75.6 Å². The number of hydrogen-bond donors (Lipinski definition) is 2. The van der Waals surface area contributed by atoms with E-state index in [1.54, 1.807) is 4.72 Å². The van der Waals surface area contributed by atoms with Gasteiger partial charge in [0.05, 0.1) is 24.1 Å². The molecule has 0 radical (unpaired) electrons. The van der Waals surface area contributed by atoms with E-state index in [0.717, 1.165) is 0 Å². The summed E-state index contributed by atoms with van der Waals surface area (Å²) in [5, 5.41) is 8.64. The van der Waals surface area contributed by atoms with Crippen LogP contribution in [0.25, 0.3) is 0 Å². The van der Waals surface area contributed by atoms with Gasteiger partial charge in [0.15, 0.2) is 0 Å². The van der Waals surface area contributed by atoms with Gasteiger partial charge in [0.25, 0.3) is 6.43 Å². The second-order valence-electron chi connectivity index (χ2n) is 3.56. The Bertz CT molecular complexity index is 620. The fourth-order valence-corrected chi connectivity index (χ4v) is 2.37. The van der Waals surface area contributed by atoms with Crippen molar-refractivity contribution in [2.75, 3.05) is 20.3 Å². The lowest BCUT2D eigenvalue weighted by atomic mass is 10.2. The molecule has 110 valence electrons. The number of rotatable bonds is 5. The molecule has 0 spiro atoms. The van der Waals surface area contributed by atoms with Crippen LogP contribution in [0.1, 0.15) is 5.56 Å². The quantitative estimate of drug-likeness (QED) is 0.781. The van der Waals surface area contributed by atoms with Crippen molar-refractivity contribution in [1.82, 2.24) is 4.72 Å². The highest BCUT2D eigenvalue weighted by atomic mass is 32.2. The first-order valence-electron chi connectivity index (χ1n) is 5.46. The minimum atomic E-state index is -4.04. The molecule has 8 heteroatoms. The molecular weight excluding hydrogens is 292 g/mol. The SMILES string of the molecule is COc1ccc(S(=O)(=O)NCC(F)F)cc1C#CCO. The Morgan fingerprint density at radius 1 is 1.45 bits per heavy atom. The second-order valence-corrected chi connectivity index (χ2v) is 5.33. The molecule has 0 bridgehead atoms. The maximum atomic E-state index is 12.0. The van der Waals surface area contributed by atoms with Crippen molar-refractivity contribution in [3.8, 4) is 17.6 Å². The highest BCUT2D eigenvalue weighted by Gasteiger charge is 2.17. The Morgan fingerprint density at radius 3 is 2.70 bits per heavy atom. The van der Waals surface area contributed by atoms with E-state index in [9.17, 15) is 17.2 Å². The lowest BCUT2D eigenvalue weighted by molar-refractivity contribution is 0.153. The summed E-state index contributed by atoms with van der Waals surface area (Å²) in [5.41, 5.74) is 0.237. The largest absolute Gasteiger partial charge is 0.495 e. The molecule has 0 saturated carbocycles. The number of aliphatic hydroxyl groups is 1. The van der Waals surface area contributed by atoms with Gasteiger partial charge in [0.2, 0.25) is 10.0 Å². The fourth-order valence-electron chi connectivity index (χ4n) is 1.34. The average Bonchev–Trinajstić information content (AvgIpc) is 2.42. The summed E-state index contributed by atoms with van der Waals surface area (Å²) < 4.78 is 54.4. The first-order chi connectivity index (χ1) is 9.40. The fraction of sp³-hybridized carbons (Fsp3) is 0.333. The van der Waals surface area contributed by atoms with Crippen LogP contribution in [0.15, 0.2) is 23.1 Å². The van der Waals surface area contributed by atoms with Crippen LogP contribution in [0, 0.1) is 11.8 Å². The van der Waals surface area contributed by atoms with E-state index in [4.69, 9.17) is 9.84 Å². The zero-order valence-corrected chi connectivity index (χ0v) is 11.4. The van der Waals surface area contributed by atoms with E-state index in [2.05, 4.69) is 11.8 Å². The Hall–Kier alpha value is -1.69. The maximum Gasteiger partial charge on any atom is 0.251 e. The molecule has 0 fully saturated rings. The van der Waals surface area contributed by atoms with Crippen LogP contribution in [0.4, 0.5) is 8.78 Å². The number of nitrogens with one attached hydrogen (secondary N) is 1. The van der Waals surface area contributed by atoms with E-state index >= 15 is 0 Å². The number of ether oxygens (including phenoxy) is 1. The van der Waals surface area contributed by atoms with E-state index in [0.29, 0.717) is 5.75 Å². The van der Waals surface area contributed by atoms with E-state index < -0.39 is 29.6 Å². The molecule has 0 aliphatic heterocycles. The third kappa shape index (κ3) is 4.45. The number of hydrogen-bond acceptors (Lipinski definition) is 4. The third-order valence-electron chi connectivity index (χ3n) is 2.21. The summed E-state index contributed by atoms with van der Waals surface area (Å²) in [6.45, 7) is -1.37. The van der Waals surface area contributed by atoms with E-state index in [1.807, 2.05) is 0 Å². The van der Waals surface area contributed by atoms with Crippen molar-refractivity contribution >= 4 is 10.0 Å². The molecular formula is C12H13F2NO4S. The van der Waals surface area contributed by atoms with Crippen LogP contribution in [0.5, 0.6) is 5.75 Å². The summed E-state index contributed by atoms with van der Waals surface area (Å²) in [6, 6.07) is 3.77. The minimum Gasteiger partial charge on any atom is -0.495 e. The highest BCUT2D eigenvalue weighted by molar-refractivity contribution is 7.89. The van der Waals surface area contributed by atoms with Crippen LogP contribution >= 0.6 is 0 Å². The third-order valence-corrected chi connectivity index (χ3v) is 3.63. The highest BCUT2D eigenvalue weighted by Crippen LogP contribution is 2.21. The molecule has 2 N–H and O–H groups in total. The summed E-state index contributed by atoms with van der Waals surface area (Å²) in [5.74, 6) is 5.20. The average molecular weight is 305 g/mol. The lowest BCUT2D eigenvalue weighted by Gasteiger charge is -2.09. The van der Waals surface area contributed by atoms with Gasteiger partial charge in [0, 0.05) is 0 Å². The van der Waals surface area contributed by atoms with Crippen molar-refractivity contribution in [2.24, 2.45) is 0 Å². The minimum absolute atomic E-state index is 0.207. The number of methoxy groups -OCH3 is 1. The number of sulfonamides is 1. The van der Waals surface area contributed by atoms with Gasteiger partial charge in [0.1, 0.15) is 12.4 Å². The zero-order chi connectivity index (χ0) is 15.2. The molecule has 0 atom stereocenters. The normalized spacial score (nSPS) is 11.1. The van der Waals surface area contributed by atoms with Gasteiger partial charge in [-0.25, -0.2) is 21.9 Å². The van der Waals surface area contributed by atoms with Gasteiger partial charge >= 0.3 is 0 Å². The zero-order valence-electron chi connectivity index (χ0n) is 10.6. The molecule has 0 amide bonds. The number of aliphatic hydroxyl groups excluding tert-OH is 1. The van der Waals surface area contributed by atoms with Crippen molar-refractivity contribution in [1.29, 1.82) is 0 Å². The molecule has 20 heavy (non-hydrogen) atoms. The van der Waals surface area contributed by atoms with Gasteiger partial charge in [-0.15, -0.1) is 0 Å². The maximum absolute atomic E-state index is 12.0. The summed E-state index contributed by atoms with van der Waals surface area (Å²) in [6.07, 6.45) is -2.78. The first kappa shape index (κ1) is 16.4. The molecule has 5 nitrogen and oxygen atoms in total. The van der Waals surface area contributed by atoms with Crippen molar-refractivity contribution in [3.63, 3.8) is 0 Å². The van der Waals surface area contributed by atoms with Gasteiger partial charge < -0.3 is 9.84 Å². The monoisotopic (exact) mass is 305 g/mol. The summed E-state index contributed by atoms with van der Waals surface area (Å²) in [7, 11) is -2.67. The van der Waals surface area contributed by atoms with Gasteiger partial charge in [-0.05, 0) is 18.2 Å². The smallest absolute Gasteiger partial charge is 0.251 e. The molecule has 1 aromatic rings. The summed E-state index contributed by atoms with van der Waals surface area (Å²) >= 11 is 0. The van der Waals surface area contributed by atoms with Gasteiger partial charge in [-0.2, -0.15) is 0 Å². The van der Waals surface area contributed by atoms with Crippen molar-refractivity contribution < 1.29 is 27.0 Å². The van der Waals surface area contributed by atoms with Crippen LogP contribution in [0.3, 0.4) is 0 Å². The van der Waals surface area contributed by atoms with Crippen LogP contribution in [-0.4, -0.2) is 40.2 Å². The van der Waals surface area contributed by atoms with Crippen molar-refractivity contribution in [2.45, 2.75) is 11.3 Å². The van der Waals surface area contributed by atoms with Crippen molar-refractivity contribution in [3.05, 3.63) is 23.8 Å². The molecule has 0 heterocycles. The molecule has 0 saturated heterocycles. The van der Waals surface area contributed by atoms with Crippen LogP contribution in [-0.2, 0) is 10.0 Å². The standard InChI is InChI=1S/C12H13F2NO4S/c1-19-11-5-4-10(7-9(11)3-2-6-16)20(17,18)15-8-12(13)14/h4-5,7,12,15-16H,6,8H2,1H3. The number of halogens is 2. The predicted octanol–water partition coefficient (Wildman–Crippen LogP) is 0.582. The van der Waals surface area contributed by atoms with E-state index in [-0.39, 0.29) is 10.5 Å². The Labute approximate surface area is 115 Å². The molecule has 0 aromatic heterocycles. The molecule has 1 aromatic carbocycles. The Morgan fingerprint density at radius 2 is 2.15 bits per heavy atom. The molecule has 1 rings (SSSR count). The molecule has 0 unspecified atom stereocenters. The first-order valence-corrected chi connectivity index (χ1v) is 6.94.